The Bertz CT molecular complexity index is 373. The normalized spacial score (nSPS) is 21.8. The maximum atomic E-state index is 6.21. The fourth-order valence-electron chi connectivity index (χ4n) is 5.12. The van der Waals surface area contributed by atoms with Crippen LogP contribution in [0.2, 0.25) is 0 Å². The Morgan fingerprint density at radius 1 is 0.893 bits per heavy atom. The van der Waals surface area contributed by atoms with Crippen LogP contribution in [0.1, 0.15) is 96.8 Å². The molecular weight excluding hydrogens is 352 g/mol. The summed E-state index contributed by atoms with van der Waals surface area (Å²) in [6, 6.07) is 0. The highest BCUT2D eigenvalue weighted by Gasteiger charge is 2.45. The molecule has 1 saturated carbocycles. The van der Waals surface area contributed by atoms with E-state index in [2.05, 4.69) is 6.92 Å². The van der Waals surface area contributed by atoms with E-state index < -0.39 is 5.79 Å². The van der Waals surface area contributed by atoms with Crippen molar-refractivity contribution in [1.29, 1.82) is 0 Å². The van der Waals surface area contributed by atoms with Gasteiger partial charge in [-0.05, 0) is 32.1 Å². The smallest absolute Gasteiger partial charge is 0.173 e. The van der Waals surface area contributed by atoms with Gasteiger partial charge < -0.3 is 18.9 Å². The highest BCUT2D eigenvalue weighted by atomic mass is 16.7. The summed E-state index contributed by atoms with van der Waals surface area (Å²) < 4.78 is 23.4. The molecule has 2 atom stereocenters. The zero-order chi connectivity index (χ0) is 20.1. The maximum absolute atomic E-state index is 6.21. The van der Waals surface area contributed by atoms with Gasteiger partial charge in [-0.15, -0.1) is 0 Å². The first-order valence-electron chi connectivity index (χ1n) is 12.1. The Morgan fingerprint density at radius 3 is 2.18 bits per heavy atom. The third-order valence-corrected chi connectivity index (χ3v) is 6.83. The molecule has 2 unspecified atom stereocenters. The maximum Gasteiger partial charge on any atom is 0.173 e. The van der Waals surface area contributed by atoms with E-state index in [9.17, 15) is 0 Å². The van der Waals surface area contributed by atoms with Gasteiger partial charge >= 0.3 is 0 Å². The summed E-state index contributed by atoms with van der Waals surface area (Å²) in [6.45, 7) is 4.73. The summed E-state index contributed by atoms with van der Waals surface area (Å²) in [5.41, 5.74) is 0. The van der Waals surface area contributed by atoms with E-state index >= 15 is 0 Å². The number of rotatable bonds is 17. The van der Waals surface area contributed by atoms with Crippen molar-refractivity contribution >= 4 is 0 Å². The minimum absolute atomic E-state index is 0.359. The first-order chi connectivity index (χ1) is 13.8. The van der Waals surface area contributed by atoms with E-state index in [4.69, 9.17) is 18.9 Å². The molecule has 0 radical (unpaired) electrons. The van der Waals surface area contributed by atoms with Gasteiger partial charge in [0.1, 0.15) is 6.10 Å². The molecule has 166 valence electrons. The average molecular weight is 399 g/mol. The molecule has 1 aliphatic heterocycles. The van der Waals surface area contributed by atoms with E-state index in [0.717, 1.165) is 32.7 Å². The minimum Gasteiger partial charge on any atom is -0.379 e. The molecule has 0 aromatic heterocycles. The molecule has 2 rings (SSSR count). The molecule has 0 N–H and O–H groups in total. The Morgan fingerprint density at radius 2 is 1.54 bits per heavy atom. The van der Waals surface area contributed by atoms with Crippen molar-refractivity contribution in [3.63, 3.8) is 0 Å². The van der Waals surface area contributed by atoms with Gasteiger partial charge in [-0.25, -0.2) is 0 Å². The number of ether oxygens (including phenoxy) is 4. The number of hydrogen-bond donors (Lipinski definition) is 0. The third-order valence-electron chi connectivity index (χ3n) is 6.83. The molecular formula is C24H46O4. The van der Waals surface area contributed by atoms with Crippen LogP contribution in [0, 0.1) is 11.8 Å². The van der Waals surface area contributed by atoms with Crippen molar-refractivity contribution in [1.82, 2.24) is 0 Å². The molecule has 0 spiro atoms. The van der Waals surface area contributed by atoms with Crippen LogP contribution in [0.5, 0.6) is 0 Å². The lowest BCUT2D eigenvalue weighted by Crippen LogP contribution is -2.49. The summed E-state index contributed by atoms with van der Waals surface area (Å²) >= 11 is 0. The van der Waals surface area contributed by atoms with E-state index in [-0.39, 0.29) is 0 Å². The highest BCUT2D eigenvalue weighted by Crippen LogP contribution is 2.43. The van der Waals surface area contributed by atoms with Gasteiger partial charge in [0, 0.05) is 32.7 Å². The molecule has 4 nitrogen and oxygen atoms in total. The van der Waals surface area contributed by atoms with Gasteiger partial charge in [0.2, 0.25) is 0 Å². The van der Waals surface area contributed by atoms with E-state index in [1.165, 1.54) is 77.0 Å². The van der Waals surface area contributed by atoms with Crippen molar-refractivity contribution in [2.24, 2.45) is 11.8 Å². The van der Waals surface area contributed by atoms with Crippen LogP contribution in [0.15, 0.2) is 0 Å². The SMILES string of the molecule is CCCCCCCCC(CCCOCC1CO1)C(OC)(OC)C1CCCCC1. The predicted molar refractivity (Wildman–Crippen MR) is 115 cm³/mol. The van der Waals surface area contributed by atoms with Crippen molar-refractivity contribution in [3.8, 4) is 0 Å². The lowest BCUT2D eigenvalue weighted by molar-refractivity contribution is -0.279. The summed E-state index contributed by atoms with van der Waals surface area (Å²) in [5, 5.41) is 0. The number of epoxide rings is 1. The Labute approximate surface area is 174 Å². The molecule has 4 heteroatoms. The molecule has 0 aromatic rings. The van der Waals surface area contributed by atoms with Gasteiger partial charge in [-0.2, -0.15) is 0 Å². The van der Waals surface area contributed by atoms with Crippen LogP contribution >= 0.6 is 0 Å². The third kappa shape index (κ3) is 7.93. The Kier molecular flexibility index (Phi) is 12.0. The van der Waals surface area contributed by atoms with Gasteiger partial charge in [0.05, 0.1) is 13.2 Å². The summed E-state index contributed by atoms with van der Waals surface area (Å²) in [4.78, 5) is 0. The fourth-order valence-corrected chi connectivity index (χ4v) is 5.12. The van der Waals surface area contributed by atoms with Crippen molar-refractivity contribution in [3.05, 3.63) is 0 Å². The monoisotopic (exact) mass is 398 g/mol. The second-order valence-electron chi connectivity index (χ2n) is 8.89. The average Bonchev–Trinajstić information content (AvgIpc) is 3.56. The molecule has 0 aromatic carbocycles. The highest BCUT2D eigenvalue weighted by molar-refractivity contribution is 4.88. The number of unbranched alkanes of at least 4 members (excludes halogenated alkanes) is 5. The standard InChI is InChI=1S/C24H46O4/c1-4-5-6-7-8-10-14-22(17-13-18-27-19-23-20-28-23)24(25-2,26-3)21-15-11-9-12-16-21/h21-23H,4-20H2,1-3H3. The second kappa shape index (κ2) is 14.0. The molecule has 28 heavy (non-hydrogen) atoms. The number of hydrogen-bond acceptors (Lipinski definition) is 4. The number of methoxy groups -OCH3 is 2. The molecule has 2 fully saturated rings. The Balaban J connectivity index is 1.87. The lowest BCUT2D eigenvalue weighted by atomic mass is 9.74. The largest absolute Gasteiger partial charge is 0.379 e. The first-order valence-corrected chi connectivity index (χ1v) is 12.1. The van der Waals surface area contributed by atoms with E-state index in [1.807, 2.05) is 14.2 Å². The van der Waals surface area contributed by atoms with E-state index in [0.29, 0.717) is 17.9 Å². The van der Waals surface area contributed by atoms with Crippen LogP contribution in [0.25, 0.3) is 0 Å². The van der Waals surface area contributed by atoms with Gasteiger partial charge in [-0.3, -0.25) is 0 Å². The predicted octanol–water partition coefficient (Wildman–Crippen LogP) is 6.12. The topological polar surface area (TPSA) is 40.2 Å². The molecule has 2 aliphatic rings. The fraction of sp³-hybridized carbons (Fsp3) is 1.00. The van der Waals surface area contributed by atoms with Crippen LogP contribution in [-0.4, -0.2) is 45.9 Å². The van der Waals surface area contributed by atoms with Crippen molar-refractivity contribution in [2.75, 3.05) is 34.0 Å². The quantitative estimate of drug-likeness (QED) is 0.168. The summed E-state index contributed by atoms with van der Waals surface area (Å²) in [5.74, 6) is 0.573. The van der Waals surface area contributed by atoms with Crippen LogP contribution < -0.4 is 0 Å². The molecule has 0 amide bonds. The van der Waals surface area contributed by atoms with Crippen LogP contribution in [0.4, 0.5) is 0 Å². The van der Waals surface area contributed by atoms with Crippen molar-refractivity contribution < 1.29 is 18.9 Å². The zero-order valence-electron chi connectivity index (χ0n) is 18.9. The Hall–Kier alpha value is -0.160. The lowest BCUT2D eigenvalue weighted by Gasteiger charge is -2.46. The second-order valence-corrected chi connectivity index (χ2v) is 8.89. The zero-order valence-corrected chi connectivity index (χ0v) is 18.9. The first kappa shape index (κ1) is 24.1. The van der Waals surface area contributed by atoms with Gasteiger partial charge in [0.15, 0.2) is 5.79 Å². The van der Waals surface area contributed by atoms with E-state index in [1.54, 1.807) is 0 Å². The summed E-state index contributed by atoms with van der Waals surface area (Å²) in [6.07, 6.45) is 18.3. The van der Waals surface area contributed by atoms with Crippen molar-refractivity contribution in [2.45, 2.75) is 109 Å². The molecule has 0 bridgehead atoms. The molecule has 1 saturated heterocycles. The summed E-state index contributed by atoms with van der Waals surface area (Å²) in [7, 11) is 3.74. The minimum atomic E-state index is -0.413. The molecule has 1 aliphatic carbocycles. The van der Waals surface area contributed by atoms with Crippen LogP contribution in [-0.2, 0) is 18.9 Å². The van der Waals surface area contributed by atoms with Gasteiger partial charge in [0.25, 0.3) is 0 Å². The van der Waals surface area contributed by atoms with Gasteiger partial charge in [-0.1, -0.05) is 64.7 Å². The van der Waals surface area contributed by atoms with Crippen LogP contribution in [0.3, 0.4) is 0 Å². The molecule has 1 heterocycles.